The number of nitrogens with one attached hydrogen (secondary N) is 2. The third-order valence-corrected chi connectivity index (χ3v) is 5.56. The molecule has 0 radical (unpaired) electrons. The lowest BCUT2D eigenvalue weighted by molar-refractivity contribution is -0.134. The number of nitrogens with zero attached hydrogens (tertiary/aromatic N) is 1. The van der Waals surface area contributed by atoms with Crippen molar-refractivity contribution < 1.29 is 14.1 Å². The highest BCUT2D eigenvalue weighted by atomic mass is 16.5. The van der Waals surface area contributed by atoms with E-state index in [1.165, 1.54) is 5.57 Å². The van der Waals surface area contributed by atoms with Crippen LogP contribution in [0.1, 0.15) is 49.8 Å². The maximum Gasteiger partial charge on any atom is 0.235 e. The van der Waals surface area contributed by atoms with Gasteiger partial charge in [-0.3, -0.25) is 19.9 Å². The predicted octanol–water partition coefficient (Wildman–Crippen LogP) is 3.64. The van der Waals surface area contributed by atoms with Crippen LogP contribution in [0.5, 0.6) is 0 Å². The summed E-state index contributed by atoms with van der Waals surface area (Å²) < 4.78 is 5.74. The van der Waals surface area contributed by atoms with Crippen LogP contribution in [-0.4, -0.2) is 22.0 Å². The number of carbonyl (C=O) groups is 2. The molecule has 1 fully saturated rings. The summed E-state index contributed by atoms with van der Waals surface area (Å²) in [5, 5.41) is 7.24. The second-order valence-corrected chi connectivity index (χ2v) is 7.40. The molecular weight excluding hydrogens is 330 g/mol. The molecule has 2 amide bonds. The molecule has 6 nitrogen and oxygen atoms in total. The molecule has 1 aliphatic carbocycles. The number of hydrogen-bond donors (Lipinski definition) is 2. The molecule has 2 N–H and O–H groups in total. The number of allylic oxidation sites excluding steroid dienone is 2. The fourth-order valence-corrected chi connectivity index (χ4v) is 4.24. The van der Waals surface area contributed by atoms with Crippen LogP contribution in [-0.2, 0) is 9.59 Å². The number of carbonyl (C=O) groups excluding carboxylic acids is 2. The Labute approximate surface area is 149 Å². The van der Waals surface area contributed by atoms with Gasteiger partial charge in [-0.05, 0) is 42.9 Å². The van der Waals surface area contributed by atoms with Gasteiger partial charge in [0.1, 0.15) is 0 Å². The highest BCUT2D eigenvalue weighted by molar-refractivity contribution is 6.12. The van der Waals surface area contributed by atoms with Crippen LogP contribution in [0.4, 0.5) is 0 Å². The number of piperidine rings is 1. The number of fused-ring (bicyclic) bond motifs is 3. The van der Waals surface area contributed by atoms with Crippen LogP contribution in [0.3, 0.4) is 0 Å². The Balaban J connectivity index is 1.69. The zero-order chi connectivity index (χ0) is 17.8. The second-order valence-electron chi connectivity index (χ2n) is 7.40. The van der Waals surface area contributed by atoms with Gasteiger partial charge in [0, 0.05) is 23.6 Å². The molecule has 26 heavy (non-hydrogen) atoms. The summed E-state index contributed by atoms with van der Waals surface area (Å²) in [7, 11) is 0. The fourth-order valence-electron chi connectivity index (χ4n) is 4.24. The van der Waals surface area contributed by atoms with Crippen molar-refractivity contribution in [3.05, 3.63) is 35.7 Å². The topological polar surface area (TPSA) is 88.0 Å². The van der Waals surface area contributed by atoms with Gasteiger partial charge < -0.3 is 4.52 Å². The number of amides is 2. The smallest absolute Gasteiger partial charge is 0.235 e. The van der Waals surface area contributed by atoms with Gasteiger partial charge in [0.25, 0.3) is 0 Å². The third kappa shape index (κ3) is 2.21. The van der Waals surface area contributed by atoms with Crippen molar-refractivity contribution in [1.29, 1.82) is 0 Å². The van der Waals surface area contributed by atoms with Crippen molar-refractivity contribution >= 4 is 39.3 Å². The molecule has 1 aliphatic heterocycles. The maximum atomic E-state index is 12.3. The van der Waals surface area contributed by atoms with Gasteiger partial charge in [0.15, 0.2) is 5.58 Å². The molecule has 5 rings (SSSR count). The largest absolute Gasteiger partial charge is 0.382 e. The first kappa shape index (κ1) is 15.4. The van der Waals surface area contributed by atoms with Crippen LogP contribution < -0.4 is 5.32 Å². The van der Waals surface area contributed by atoms with Gasteiger partial charge in [-0.1, -0.05) is 13.0 Å². The highest BCUT2D eigenvalue weighted by Crippen LogP contribution is 2.41. The summed E-state index contributed by atoms with van der Waals surface area (Å²) in [6, 6.07) is 4.00. The first-order valence-corrected chi connectivity index (χ1v) is 9.03. The van der Waals surface area contributed by atoms with Gasteiger partial charge in [-0.25, -0.2) is 5.16 Å². The molecule has 2 atom stereocenters. The standard InChI is InChI=1S/C20H19N3O3/c1-10-2-3-11(8-10)14-9-15-17(12-6-7-21-18(12)14)19(23-26-15)13-4-5-16(24)22-20(13)25/h3,6-7,9-10,13,23H,2,4-5,8H2,1H3,(H,22,24,25)/t10-,13?/m1/s1. The van der Waals surface area contributed by atoms with Crippen LogP contribution in [0.25, 0.3) is 27.4 Å². The van der Waals surface area contributed by atoms with E-state index in [1.807, 2.05) is 12.1 Å². The van der Waals surface area contributed by atoms with Crippen molar-refractivity contribution in [2.24, 2.45) is 5.92 Å². The first-order valence-electron chi connectivity index (χ1n) is 9.03. The van der Waals surface area contributed by atoms with Crippen molar-refractivity contribution in [3.63, 3.8) is 0 Å². The molecule has 3 aromatic rings. The molecule has 1 aromatic carbocycles. The second kappa shape index (κ2) is 5.56. The average Bonchev–Trinajstić information content (AvgIpc) is 3.32. The van der Waals surface area contributed by atoms with E-state index in [4.69, 9.17) is 4.52 Å². The molecule has 132 valence electrons. The summed E-state index contributed by atoms with van der Waals surface area (Å²) in [6.45, 7) is 2.25. The van der Waals surface area contributed by atoms with E-state index >= 15 is 0 Å². The lowest BCUT2D eigenvalue weighted by atomic mass is 9.90. The number of rotatable bonds is 2. The van der Waals surface area contributed by atoms with Gasteiger partial charge in [0.2, 0.25) is 11.8 Å². The van der Waals surface area contributed by atoms with Gasteiger partial charge in [-0.15, -0.1) is 0 Å². The Kier molecular flexibility index (Phi) is 3.29. The molecule has 3 heterocycles. The minimum atomic E-state index is -0.413. The van der Waals surface area contributed by atoms with Crippen LogP contribution in [0.2, 0.25) is 0 Å². The Morgan fingerprint density at radius 1 is 1.31 bits per heavy atom. The first-order chi connectivity index (χ1) is 12.6. The zero-order valence-corrected chi connectivity index (χ0v) is 14.5. The summed E-state index contributed by atoms with van der Waals surface area (Å²) in [4.78, 5) is 28.4. The molecule has 0 bridgehead atoms. The van der Waals surface area contributed by atoms with Crippen molar-refractivity contribution in [3.8, 4) is 0 Å². The lowest BCUT2D eigenvalue weighted by Crippen LogP contribution is -2.39. The average molecular weight is 349 g/mol. The fraction of sp³-hybridized carbons (Fsp3) is 0.350. The Bertz CT molecular complexity index is 1090. The SMILES string of the molecule is C[C@@H]1CC=C(c2cc3o[nH]c(C4CCC(=O)NC4=O)c3c3ccnc23)C1. The van der Waals surface area contributed by atoms with E-state index in [-0.39, 0.29) is 11.8 Å². The minimum Gasteiger partial charge on any atom is -0.382 e. The summed E-state index contributed by atoms with van der Waals surface area (Å²) >= 11 is 0. The van der Waals surface area contributed by atoms with Gasteiger partial charge in [-0.2, -0.15) is 0 Å². The molecule has 2 aromatic heterocycles. The van der Waals surface area contributed by atoms with Gasteiger partial charge >= 0.3 is 0 Å². The van der Waals surface area contributed by atoms with Crippen LogP contribution >= 0.6 is 0 Å². The molecule has 6 heteroatoms. The highest BCUT2D eigenvalue weighted by Gasteiger charge is 2.32. The number of imide groups is 1. The van der Waals surface area contributed by atoms with E-state index < -0.39 is 5.92 Å². The predicted molar refractivity (Wildman–Crippen MR) is 97.4 cm³/mol. The number of aromatic amines is 1. The summed E-state index contributed by atoms with van der Waals surface area (Å²) in [5.74, 6) is -0.260. The van der Waals surface area contributed by atoms with E-state index in [0.29, 0.717) is 18.8 Å². The van der Waals surface area contributed by atoms with Gasteiger partial charge in [0.05, 0.1) is 22.5 Å². The normalized spacial score (nSPS) is 23.7. The molecular formula is C20H19N3O3. The Morgan fingerprint density at radius 2 is 2.19 bits per heavy atom. The van der Waals surface area contributed by atoms with E-state index in [9.17, 15) is 9.59 Å². The number of aromatic nitrogens is 2. The van der Waals surface area contributed by atoms with Crippen LogP contribution in [0, 0.1) is 5.92 Å². The number of benzene rings is 1. The third-order valence-electron chi connectivity index (χ3n) is 5.56. The minimum absolute atomic E-state index is 0.219. The van der Waals surface area contributed by atoms with Crippen molar-refractivity contribution in [2.75, 3.05) is 0 Å². The number of H-pyrrole nitrogens is 1. The van der Waals surface area contributed by atoms with Crippen molar-refractivity contribution in [2.45, 2.75) is 38.5 Å². The van der Waals surface area contributed by atoms with Crippen molar-refractivity contribution in [1.82, 2.24) is 15.5 Å². The zero-order valence-electron chi connectivity index (χ0n) is 14.5. The monoisotopic (exact) mass is 349 g/mol. The molecule has 2 aliphatic rings. The molecule has 1 unspecified atom stereocenters. The number of hydrogen-bond acceptors (Lipinski definition) is 4. The summed E-state index contributed by atoms with van der Waals surface area (Å²) in [6.07, 6.45) is 7.03. The maximum absolute atomic E-state index is 12.3. The van der Waals surface area contributed by atoms with E-state index in [2.05, 4.69) is 28.5 Å². The Hall–Kier alpha value is -2.89. The van der Waals surface area contributed by atoms with E-state index in [0.717, 1.165) is 46.0 Å². The quantitative estimate of drug-likeness (QED) is 0.691. The Morgan fingerprint density at radius 3 is 2.96 bits per heavy atom. The molecule has 1 saturated heterocycles. The van der Waals surface area contributed by atoms with E-state index in [1.54, 1.807) is 6.20 Å². The van der Waals surface area contributed by atoms with Crippen LogP contribution in [0.15, 0.2) is 28.9 Å². The molecule has 0 saturated carbocycles. The molecule has 0 spiro atoms. The summed E-state index contributed by atoms with van der Waals surface area (Å²) in [5.41, 5.74) is 4.81. The lowest BCUT2D eigenvalue weighted by Gasteiger charge is -2.19.